The molecule has 0 atom stereocenters. The van der Waals surface area contributed by atoms with Crippen LogP contribution in [0.25, 0.3) is 5.78 Å². The molecule has 1 fully saturated rings. The molecule has 0 radical (unpaired) electrons. The Balaban J connectivity index is 1.53. The van der Waals surface area contributed by atoms with E-state index in [1.807, 2.05) is 23.3 Å². The molecule has 3 aromatic rings. The van der Waals surface area contributed by atoms with E-state index in [0.29, 0.717) is 24.4 Å². The Morgan fingerprint density at radius 3 is 2.67 bits per heavy atom. The number of piperazine rings is 1. The number of aromatic nitrogens is 5. The molecule has 0 spiro atoms. The third-order valence-electron chi connectivity index (χ3n) is 5.42. The van der Waals surface area contributed by atoms with Crippen molar-refractivity contribution in [2.75, 3.05) is 37.3 Å². The van der Waals surface area contributed by atoms with Gasteiger partial charge in [0.2, 0.25) is 0 Å². The number of hydrogen-bond donors (Lipinski definition) is 0. The van der Waals surface area contributed by atoms with Crippen LogP contribution in [0.1, 0.15) is 42.1 Å². The van der Waals surface area contributed by atoms with Crippen LogP contribution in [0.3, 0.4) is 0 Å². The first-order chi connectivity index (χ1) is 14.7. The highest BCUT2D eigenvalue weighted by Crippen LogP contribution is 2.22. The van der Waals surface area contributed by atoms with Gasteiger partial charge in [0.1, 0.15) is 16.7 Å². The van der Waals surface area contributed by atoms with Crippen molar-refractivity contribution in [2.24, 2.45) is 0 Å². The Morgan fingerprint density at radius 1 is 1.17 bits per heavy atom. The lowest BCUT2D eigenvalue weighted by molar-refractivity contribution is 0.0742. The molecule has 4 rings (SSSR count). The molecule has 1 amide bonds. The quantitative estimate of drug-likeness (QED) is 0.562. The van der Waals surface area contributed by atoms with E-state index in [-0.39, 0.29) is 5.91 Å². The molecule has 4 heterocycles. The first-order valence-corrected chi connectivity index (χ1v) is 11.7. The predicted octanol–water partition coefficient (Wildman–Crippen LogP) is 2.72. The first kappa shape index (κ1) is 20.6. The van der Waals surface area contributed by atoms with Crippen molar-refractivity contribution in [1.29, 1.82) is 0 Å². The van der Waals surface area contributed by atoms with Gasteiger partial charge in [0.05, 0.1) is 5.56 Å². The average Bonchev–Trinajstić information content (AvgIpc) is 3.22. The largest absolute Gasteiger partial charge is 0.353 e. The number of pyridine rings is 1. The maximum Gasteiger partial charge on any atom is 0.257 e. The molecular weight excluding hydrogens is 398 g/mol. The van der Waals surface area contributed by atoms with Gasteiger partial charge in [0.15, 0.2) is 0 Å². The number of hydrogen-bond acceptors (Lipinski definition) is 7. The maximum atomic E-state index is 13.0. The lowest BCUT2D eigenvalue weighted by Crippen LogP contribution is -2.49. The zero-order chi connectivity index (χ0) is 21.1. The third-order valence-corrected chi connectivity index (χ3v) is 6.13. The number of aryl methyl sites for hydroxylation is 2. The molecule has 0 unspecified atom stereocenters. The van der Waals surface area contributed by atoms with Crippen LogP contribution in [0.5, 0.6) is 0 Å². The van der Waals surface area contributed by atoms with Crippen LogP contribution < -0.4 is 4.90 Å². The fourth-order valence-electron chi connectivity index (χ4n) is 3.88. The topological polar surface area (TPSA) is 79.5 Å². The minimum atomic E-state index is 0.0484. The number of rotatable bonds is 6. The maximum absolute atomic E-state index is 13.0. The van der Waals surface area contributed by atoms with E-state index in [4.69, 9.17) is 4.98 Å². The zero-order valence-corrected chi connectivity index (χ0v) is 18.5. The molecule has 1 aliphatic rings. The standard InChI is InChI=1S/C21H27N7OS/c1-4-7-15-14-18(23-21-25-24-17(5-2)28(15)21)26-10-12-27(13-11-26)20(29)16-8-6-9-22-19(16)30-3/h6,8-9,14H,4-5,7,10-13H2,1-3H3. The summed E-state index contributed by atoms with van der Waals surface area (Å²) in [7, 11) is 0. The third kappa shape index (κ3) is 3.86. The van der Waals surface area contributed by atoms with Crippen LogP contribution in [-0.2, 0) is 12.8 Å². The van der Waals surface area contributed by atoms with Crippen LogP contribution in [0, 0.1) is 0 Å². The smallest absolute Gasteiger partial charge is 0.257 e. The number of thioether (sulfide) groups is 1. The average molecular weight is 426 g/mol. The monoisotopic (exact) mass is 425 g/mol. The number of amides is 1. The van der Waals surface area contributed by atoms with Gasteiger partial charge < -0.3 is 9.80 Å². The van der Waals surface area contributed by atoms with Crippen molar-refractivity contribution in [2.45, 2.75) is 38.1 Å². The Labute approximate surface area is 180 Å². The van der Waals surface area contributed by atoms with Gasteiger partial charge in [-0.3, -0.25) is 9.20 Å². The lowest BCUT2D eigenvalue weighted by atomic mass is 10.2. The van der Waals surface area contributed by atoms with Gasteiger partial charge in [-0.25, -0.2) is 4.98 Å². The summed E-state index contributed by atoms with van der Waals surface area (Å²) in [5.74, 6) is 2.57. The summed E-state index contributed by atoms with van der Waals surface area (Å²) in [6.07, 6.45) is 6.50. The van der Waals surface area contributed by atoms with E-state index in [1.165, 1.54) is 17.5 Å². The van der Waals surface area contributed by atoms with Crippen molar-refractivity contribution in [3.05, 3.63) is 41.5 Å². The Hall–Kier alpha value is -2.68. The lowest BCUT2D eigenvalue weighted by Gasteiger charge is -2.35. The van der Waals surface area contributed by atoms with Gasteiger partial charge in [0.25, 0.3) is 11.7 Å². The van der Waals surface area contributed by atoms with Crippen molar-refractivity contribution in [1.82, 2.24) is 29.5 Å². The summed E-state index contributed by atoms with van der Waals surface area (Å²) < 4.78 is 2.08. The normalized spacial score (nSPS) is 14.5. The molecule has 3 aromatic heterocycles. The van der Waals surface area contributed by atoms with E-state index in [9.17, 15) is 4.79 Å². The molecular formula is C21H27N7OS. The summed E-state index contributed by atoms with van der Waals surface area (Å²) in [5, 5.41) is 9.37. The second-order valence-electron chi connectivity index (χ2n) is 7.30. The Morgan fingerprint density at radius 2 is 1.97 bits per heavy atom. The van der Waals surface area contributed by atoms with Crippen molar-refractivity contribution >= 4 is 29.3 Å². The number of anilines is 1. The van der Waals surface area contributed by atoms with Crippen molar-refractivity contribution in [3.8, 4) is 0 Å². The SMILES string of the molecule is CCCc1cc(N2CCN(C(=O)c3cccnc3SC)CC2)nc2nnc(CC)n12. The molecule has 9 heteroatoms. The molecule has 30 heavy (non-hydrogen) atoms. The zero-order valence-electron chi connectivity index (χ0n) is 17.7. The molecule has 1 aliphatic heterocycles. The summed E-state index contributed by atoms with van der Waals surface area (Å²) in [6, 6.07) is 5.83. The van der Waals surface area contributed by atoms with Crippen LogP contribution in [0.2, 0.25) is 0 Å². The van der Waals surface area contributed by atoms with E-state index < -0.39 is 0 Å². The summed E-state index contributed by atoms with van der Waals surface area (Å²) in [6.45, 7) is 7.05. The van der Waals surface area contributed by atoms with Gasteiger partial charge in [-0.2, -0.15) is 4.98 Å². The molecule has 0 saturated carbocycles. The molecule has 0 N–H and O–H groups in total. The number of carbonyl (C=O) groups excluding carboxylic acids is 1. The van der Waals surface area contributed by atoms with Crippen LogP contribution >= 0.6 is 11.8 Å². The first-order valence-electron chi connectivity index (χ1n) is 10.4. The van der Waals surface area contributed by atoms with Gasteiger partial charge in [0, 0.05) is 50.6 Å². The van der Waals surface area contributed by atoms with Crippen LogP contribution in [0.4, 0.5) is 5.82 Å². The molecule has 8 nitrogen and oxygen atoms in total. The van der Waals surface area contributed by atoms with E-state index >= 15 is 0 Å². The van der Waals surface area contributed by atoms with Crippen LogP contribution in [0.15, 0.2) is 29.4 Å². The van der Waals surface area contributed by atoms with Gasteiger partial charge >= 0.3 is 0 Å². The minimum Gasteiger partial charge on any atom is -0.353 e. The molecule has 0 bridgehead atoms. The minimum absolute atomic E-state index is 0.0484. The fourth-order valence-corrected chi connectivity index (χ4v) is 4.42. The summed E-state index contributed by atoms with van der Waals surface area (Å²) in [5.41, 5.74) is 1.87. The highest BCUT2D eigenvalue weighted by molar-refractivity contribution is 7.98. The van der Waals surface area contributed by atoms with Gasteiger partial charge in [-0.05, 0) is 24.8 Å². The number of nitrogens with zero attached hydrogens (tertiary/aromatic N) is 7. The number of carbonyl (C=O) groups is 1. The Kier molecular flexibility index (Phi) is 6.17. The second-order valence-corrected chi connectivity index (χ2v) is 8.10. The van der Waals surface area contributed by atoms with E-state index in [0.717, 1.165) is 49.0 Å². The highest BCUT2D eigenvalue weighted by atomic mass is 32.2. The molecule has 1 saturated heterocycles. The highest BCUT2D eigenvalue weighted by Gasteiger charge is 2.25. The van der Waals surface area contributed by atoms with Crippen molar-refractivity contribution in [3.63, 3.8) is 0 Å². The van der Waals surface area contributed by atoms with Crippen molar-refractivity contribution < 1.29 is 4.79 Å². The van der Waals surface area contributed by atoms with Gasteiger partial charge in [-0.1, -0.05) is 20.3 Å². The number of fused-ring (bicyclic) bond motifs is 1. The summed E-state index contributed by atoms with van der Waals surface area (Å²) in [4.78, 5) is 26.2. The Bertz CT molecular complexity index is 1040. The molecule has 158 valence electrons. The van der Waals surface area contributed by atoms with Gasteiger partial charge in [-0.15, -0.1) is 22.0 Å². The van der Waals surface area contributed by atoms with E-state index in [1.54, 1.807) is 6.20 Å². The fraction of sp³-hybridized carbons (Fsp3) is 0.476. The second kappa shape index (κ2) is 8.99. The molecule has 0 aromatic carbocycles. The van der Waals surface area contributed by atoms with E-state index in [2.05, 4.69) is 44.4 Å². The molecule has 0 aliphatic carbocycles. The predicted molar refractivity (Wildman–Crippen MR) is 118 cm³/mol. The van der Waals surface area contributed by atoms with Crippen LogP contribution in [-0.4, -0.2) is 67.8 Å². The summed E-state index contributed by atoms with van der Waals surface area (Å²) >= 11 is 1.50.